The standard InChI is InChI=1S/C10H13BO4/c1-7-5-14-9-4-2-3-8(11(12)13)10(9)15-6-7/h2-4,7,12-13H,5-6H2,1H3/t7-/m0/s1. The first kappa shape index (κ1) is 10.3. The molecule has 80 valence electrons. The topological polar surface area (TPSA) is 58.9 Å². The molecule has 4 nitrogen and oxygen atoms in total. The monoisotopic (exact) mass is 208 g/mol. The van der Waals surface area contributed by atoms with Crippen molar-refractivity contribution in [3.8, 4) is 11.5 Å². The number of ether oxygens (including phenoxy) is 2. The van der Waals surface area contributed by atoms with E-state index >= 15 is 0 Å². The number of benzene rings is 1. The van der Waals surface area contributed by atoms with Crippen LogP contribution in [0.5, 0.6) is 11.5 Å². The van der Waals surface area contributed by atoms with Crippen LogP contribution in [0.1, 0.15) is 6.92 Å². The van der Waals surface area contributed by atoms with Crippen molar-refractivity contribution < 1.29 is 19.5 Å². The van der Waals surface area contributed by atoms with Crippen molar-refractivity contribution in [3.05, 3.63) is 18.2 Å². The molecular weight excluding hydrogens is 195 g/mol. The van der Waals surface area contributed by atoms with Crippen molar-refractivity contribution >= 4 is 12.6 Å². The molecule has 1 atom stereocenters. The van der Waals surface area contributed by atoms with E-state index in [2.05, 4.69) is 0 Å². The van der Waals surface area contributed by atoms with Gasteiger partial charge in [0.05, 0.1) is 13.2 Å². The lowest BCUT2D eigenvalue weighted by Crippen LogP contribution is -2.31. The van der Waals surface area contributed by atoms with E-state index in [9.17, 15) is 0 Å². The second-order valence-corrected chi connectivity index (χ2v) is 3.78. The molecule has 1 aromatic rings. The van der Waals surface area contributed by atoms with E-state index in [4.69, 9.17) is 19.5 Å². The van der Waals surface area contributed by atoms with Crippen LogP contribution in [0, 0.1) is 5.92 Å². The van der Waals surface area contributed by atoms with Crippen molar-refractivity contribution in [2.75, 3.05) is 13.2 Å². The highest BCUT2D eigenvalue weighted by Crippen LogP contribution is 2.28. The molecule has 0 saturated carbocycles. The van der Waals surface area contributed by atoms with Crippen LogP contribution in [0.4, 0.5) is 0 Å². The molecule has 0 unspecified atom stereocenters. The van der Waals surface area contributed by atoms with Gasteiger partial charge in [-0.1, -0.05) is 19.1 Å². The van der Waals surface area contributed by atoms with Gasteiger partial charge in [0, 0.05) is 11.4 Å². The molecular formula is C10H13BO4. The van der Waals surface area contributed by atoms with Gasteiger partial charge < -0.3 is 19.5 Å². The Morgan fingerprint density at radius 2 is 2.00 bits per heavy atom. The molecule has 2 rings (SSSR count). The van der Waals surface area contributed by atoms with Crippen molar-refractivity contribution in [1.29, 1.82) is 0 Å². The number of hydrogen-bond acceptors (Lipinski definition) is 4. The molecule has 1 heterocycles. The quantitative estimate of drug-likeness (QED) is 0.626. The zero-order chi connectivity index (χ0) is 10.8. The Balaban J connectivity index is 2.38. The second-order valence-electron chi connectivity index (χ2n) is 3.78. The van der Waals surface area contributed by atoms with E-state index in [1.54, 1.807) is 18.2 Å². The molecule has 0 amide bonds. The van der Waals surface area contributed by atoms with Gasteiger partial charge in [0.2, 0.25) is 0 Å². The highest BCUT2D eigenvalue weighted by atomic mass is 16.5. The summed E-state index contributed by atoms with van der Waals surface area (Å²) in [4.78, 5) is 0. The lowest BCUT2D eigenvalue weighted by atomic mass is 9.79. The zero-order valence-corrected chi connectivity index (χ0v) is 8.51. The van der Waals surface area contributed by atoms with E-state index in [0.29, 0.717) is 36.1 Å². The van der Waals surface area contributed by atoms with Crippen molar-refractivity contribution in [1.82, 2.24) is 0 Å². The normalized spacial score (nSPS) is 19.5. The fraction of sp³-hybridized carbons (Fsp3) is 0.400. The molecule has 0 aromatic heterocycles. The van der Waals surface area contributed by atoms with Crippen molar-refractivity contribution in [3.63, 3.8) is 0 Å². The van der Waals surface area contributed by atoms with Gasteiger partial charge in [-0.3, -0.25) is 0 Å². The molecule has 0 saturated heterocycles. The molecule has 1 aliphatic rings. The van der Waals surface area contributed by atoms with Crippen LogP contribution in [0.15, 0.2) is 18.2 Å². The minimum Gasteiger partial charge on any atom is -0.490 e. The van der Waals surface area contributed by atoms with E-state index < -0.39 is 7.12 Å². The lowest BCUT2D eigenvalue weighted by Gasteiger charge is -2.11. The Morgan fingerprint density at radius 3 is 2.73 bits per heavy atom. The SMILES string of the molecule is C[C@H]1COc2cccc(B(O)O)c2OC1. The van der Waals surface area contributed by atoms with Gasteiger partial charge in [-0.2, -0.15) is 0 Å². The first-order chi connectivity index (χ1) is 7.18. The van der Waals surface area contributed by atoms with Crippen LogP contribution in [0.3, 0.4) is 0 Å². The predicted octanol–water partition coefficient (Wildman–Crippen LogP) is -0.226. The zero-order valence-electron chi connectivity index (χ0n) is 8.51. The summed E-state index contributed by atoms with van der Waals surface area (Å²) in [5, 5.41) is 18.3. The van der Waals surface area contributed by atoms with Gasteiger partial charge in [-0.05, 0) is 6.07 Å². The number of fused-ring (bicyclic) bond motifs is 1. The van der Waals surface area contributed by atoms with Gasteiger partial charge in [0.1, 0.15) is 0 Å². The molecule has 0 bridgehead atoms. The first-order valence-electron chi connectivity index (χ1n) is 4.93. The summed E-state index contributed by atoms with van der Waals surface area (Å²) in [5.41, 5.74) is 0.349. The van der Waals surface area contributed by atoms with Crippen LogP contribution in [-0.2, 0) is 0 Å². The Kier molecular flexibility index (Phi) is 2.84. The molecule has 0 radical (unpaired) electrons. The van der Waals surface area contributed by atoms with Crippen LogP contribution in [0.2, 0.25) is 0 Å². The molecule has 0 fully saturated rings. The molecule has 5 heteroatoms. The van der Waals surface area contributed by atoms with Crippen molar-refractivity contribution in [2.24, 2.45) is 5.92 Å². The summed E-state index contributed by atoms with van der Waals surface area (Å²) in [6.07, 6.45) is 0. The van der Waals surface area contributed by atoms with E-state index in [-0.39, 0.29) is 0 Å². The Morgan fingerprint density at radius 1 is 1.27 bits per heavy atom. The average Bonchev–Trinajstić information content (AvgIpc) is 2.40. The Bertz CT molecular complexity index is 353. The molecule has 1 aromatic carbocycles. The number of rotatable bonds is 1. The average molecular weight is 208 g/mol. The third-order valence-electron chi connectivity index (χ3n) is 2.32. The minimum absolute atomic E-state index is 0.293. The first-order valence-corrected chi connectivity index (χ1v) is 4.93. The lowest BCUT2D eigenvalue weighted by molar-refractivity contribution is 0.228. The largest absolute Gasteiger partial charge is 0.492 e. The maximum atomic E-state index is 9.16. The van der Waals surface area contributed by atoms with Crippen LogP contribution < -0.4 is 14.9 Å². The van der Waals surface area contributed by atoms with Crippen LogP contribution in [0.25, 0.3) is 0 Å². The highest BCUT2D eigenvalue weighted by Gasteiger charge is 2.23. The van der Waals surface area contributed by atoms with Crippen molar-refractivity contribution in [2.45, 2.75) is 6.92 Å². The minimum atomic E-state index is -1.53. The third-order valence-corrected chi connectivity index (χ3v) is 2.32. The second kappa shape index (κ2) is 4.12. The maximum absolute atomic E-state index is 9.16. The van der Waals surface area contributed by atoms with Crippen LogP contribution in [-0.4, -0.2) is 30.4 Å². The van der Waals surface area contributed by atoms with Crippen LogP contribution >= 0.6 is 0 Å². The predicted molar refractivity (Wildman–Crippen MR) is 56.4 cm³/mol. The van der Waals surface area contributed by atoms with E-state index in [1.807, 2.05) is 6.92 Å². The van der Waals surface area contributed by atoms with Gasteiger partial charge in [0.15, 0.2) is 11.5 Å². The van der Waals surface area contributed by atoms with Gasteiger partial charge >= 0.3 is 7.12 Å². The van der Waals surface area contributed by atoms with E-state index in [1.165, 1.54) is 0 Å². The summed E-state index contributed by atoms with van der Waals surface area (Å²) in [5.74, 6) is 1.31. The molecule has 2 N–H and O–H groups in total. The maximum Gasteiger partial charge on any atom is 0.492 e. The van der Waals surface area contributed by atoms with Gasteiger partial charge in [0.25, 0.3) is 0 Å². The summed E-state index contributed by atoms with van der Waals surface area (Å²) in [6.45, 7) is 3.12. The Hall–Kier alpha value is -1.20. The molecule has 15 heavy (non-hydrogen) atoms. The smallest absolute Gasteiger partial charge is 0.490 e. The number of para-hydroxylation sites is 1. The van der Waals surface area contributed by atoms with Gasteiger partial charge in [-0.15, -0.1) is 0 Å². The summed E-state index contributed by atoms with van der Waals surface area (Å²) < 4.78 is 11.0. The summed E-state index contributed by atoms with van der Waals surface area (Å²) in [6, 6.07) is 5.09. The summed E-state index contributed by atoms with van der Waals surface area (Å²) >= 11 is 0. The molecule has 0 spiro atoms. The molecule has 0 aliphatic carbocycles. The Labute approximate surface area is 88.6 Å². The summed E-state index contributed by atoms with van der Waals surface area (Å²) in [7, 11) is -1.53. The fourth-order valence-electron chi connectivity index (χ4n) is 1.51. The third kappa shape index (κ3) is 2.08. The fourth-order valence-corrected chi connectivity index (χ4v) is 1.51. The van der Waals surface area contributed by atoms with E-state index in [0.717, 1.165) is 0 Å². The highest BCUT2D eigenvalue weighted by molar-refractivity contribution is 6.59. The molecule has 1 aliphatic heterocycles. The number of hydrogen-bond donors (Lipinski definition) is 2. The van der Waals surface area contributed by atoms with Gasteiger partial charge in [-0.25, -0.2) is 0 Å².